The highest BCUT2D eigenvalue weighted by Crippen LogP contribution is 2.22. The third-order valence-corrected chi connectivity index (χ3v) is 5.04. The average molecular weight is 379 g/mol. The van der Waals surface area contributed by atoms with Crippen LogP contribution in [0.25, 0.3) is 6.08 Å². The Morgan fingerprint density at radius 3 is 2.75 bits per heavy atom. The standard InChI is InChI=1S/C22H25N3O3/c1-15-11-17(16(2)25(15)14-21-5-4-10-28-21)12-18(13-23)22(26)24-19-6-8-20(27-3)9-7-19/h6-9,11-12,21H,4-5,10,14H2,1-3H3,(H,24,26)/b18-12+/t21-/m0/s1. The molecule has 1 atom stereocenters. The Morgan fingerprint density at radius 2 is 2.14 bits per heavy atom. The summed E-state index contributed by atoms with van der Waals surface area (Å²) in [6.07, 6.45) is 4.04. The highest BCUT2D eigenvalue weighted by molar-refractivity contribution is 6.09. The molecule has 1 aromatic carbocycles. The van der Waals surface area contributed by atoms with Gasteiger partial charge in [0.2, 0.25) is 0 Å². The number of nitrogens with one attached hydrogen (secondary N) is 1. The fourth-order valence-corrected chi connectivity index (χ4v) is 3.42. The van der Waals surface area contributed by atoms with Gasteiger partial charge in [0.1, 0.15) is 17.4 Å². The van der Waals surface area contributed by atoms with E-state index in [0.717, 1.165) is 42.9 Å². The van der Waals surface area contributed by atoms with Gasteiger partial charge in [0.15, 0.2) is 0 Å². The van der Waals surface area contributed by atoms with Crippen LogP contribution in [0.2, 0.25) is 0 Å². The van der Waals surface area contributed by atoms with Crippen molar-refractivity contribution in [2.45, 2.75) is 39.3 Å². The number of rotatable bonds is 6. The van der Waals surface area contributed by atoms with Crippen molar-refractivity contribution in [2.24, 2.45) is 0 Å². The predicted molar refractivity (Wildman–Crippen MR) is 108 cm³/mol. The highest BCUT2D eigenvalue weighted by Gasteiger charge is 2.19. The number of benzene rings is 1. The number of methoxy groups -OCH3 is 1. The first kappa shape index (κ1) is 19.7. The molecule has 0 spiro atoms. The monoisotopic (exact) mass is 379 g/mol. The molecule has 1 aliphatic rings. The first-order valence-corrected chi connectivity index (χ1v) is 9.37. The number of ether oxygens (including phenoxy) is 2. The van der Waals surface area contributed by atoms with Gasteiger partial charge in [-0.25, -0.2) is 0 Å². The molecule has 1 aromatic heterocycles. The number of nitrogens with zero attached hydrogens (tertiary/aromatic N) is 2. The minimum absolute atomic E-state index is 0.0631. The molecule has 0 bridgehead atoms. The fraction of sp³-hybridized carbons (Fsp3) is 0.364. The maximum absolute atomic E-state index is 12.5. The molecule has 1 aliphatic heterocycles. The van der Waals surface area contributed by atoms with E-state index >= 15 is 0 Å². The lowest BCUT2D eigenvalue weighted by atomic mass is 10.1. The van der Waals surface area contributed by atoms with Crippen molar-refractivity contribution in [1.29, 1.82) is 5.26 Å². The lowest BCUT2D eigenvalue weighted by molar-refractivity contribution is -0.112. The zero-order valence-electron chi connectivity index (χ0n) is 16.5. The summed E-state index contributed by atoms with van der Waals surface area (Å²) in [5.74, 6) is 0.268. The van der Waals surface area contributed by atoms with Gasteiger partial charge in [-0.1, -0.05) is 0 Å². The SMILES string of the molecule is COc1ccc(NC(=O)/C(C#N)=C/c2cc(C)n(C[C@@H]3CCCO3)c2C)cc1. The molecule has 1 amide bonds. The van der Waals surface area contributed by atoms with Crippen LogP contribution in [0.15, 0.2) is 35.9 Å². The van der Waals surface area contributed by atoms with E-state index in [9.17, 15) is 10.1 Å². The van der Waals surface area contributed by atoms with Crippen LogP contribution in [0.1, 0.15) is 29.8 Å². The molecule has 146 valence electrons. The van der Waals surface area contributed by atoms with Crippen LogP contribution >= 0.6 is 0 Å². The molecule has 6 nitrogen and oxygen atoms in total. The smallest absolute Gasteiger partial charge is 0.266 e. The first-order chi connectivity index (χ1) is 13.5. The van der Waals surface area contributed by atoms with Gasteiger partial charge in [-0.05, 0) is 68.7 Å². The minimum atomic E-state index is -0.434. The molecular weight excluding hydrogens is 354 g/mol. The molecule has 2 aromatic rings. The molecule has 1 saturated heterocycles. The summed E-state index contributed by atoms with van der Waals surface area (Å²) in [7, 11) is 1.58. The van der Waals surface area contributed by atoms with Gasteiger partial charge >= 0.3 is 0 Å². The van der Waals surface area contributed by atoms with Gasteiger partial charge < -0.3 is 19.4 Å². The van der Waals surface area contributed by atoms with Crippen molar-refractivity contribution in [2.75, 3.05) is 19.0 Å². The molecule has 0 saturated carbocycles. The average Bonchev–Trinajstić information content (AvgIpc) is 3.30. The Hall–Kier alpha value is -3.04. The largest absolute Gasteiger partial charge is 0.497 e. The molecular formula is C22H25N3O3. The van der Waals surface area contributed by atoms with Crippen LogP contribution < -0.4 is 10.1 Å². The number of nitriles is 1. The Kier molecular flexibility index (Phi) is 6.17. The molecule has 0 unspecified atom stereocenters. The topological polar surface area (TPSA) is 76.3 Å². The van der Waals surface area contributed by atoms with Gasteiger partial charge in [0.05, 0.1) is 13.2 Å². The summed E-state index contributed by atoms with van der Waals surface area (Å²) in [6, 6.07) is 11.0. The number of carbonyl (C=O) groups is 1. The molecule has 2 heterocycles. The summed E-state index contributed by atoms with van der Waals surface area (Å²) < 4.78 is 13.0. The van der Waals surface area contributed by atoms with Crippen LogP contribution in [0, 0.1) is 25.2 Å². The van der Waals surface area contributed by atoms with E-state index in [2.05, 4.69) is 9.88 Å². The van der Waals surface area contributed by atoms with Crippen molar-refractivity contribution in [1.82, 2.24) is 4.57 Å². The van der Waals surface area contributed by atoms with Crippen molar-refractivity contribution in [3.05, 3.63) is 52.9 Å². The van der Waals surface area contributed by atoms with Crippen LogP contribution in [-0.4, -0.2) is 30.3 Å². The van der Waals surface area contributed by atoms with Crippen molar-refractivity contribution in [3.63, 3.8) is 0 Å². The summed E-state index contributed by atoms with van der Waals surface area (Å²) in [5, 5.41) is 12.2. The molecule has 3 rings (SSSR count). The number of aryl methyl sites for hydroxylation is 1. The van der Waals surface area contributed by atoms with E-state index in [0.29, 0.717) is 11.4 Å². The van der Waals surface area contributed by atoms with E-state index in [-0.39, 0.29) is 11.7 Å². The lowest BCUT2D eigenvalue weighted by Gasteiger charge is -2.14. The first-order valence-electron chi connectivity index (χ1n) is 9.37. The zero-order valence-corrected chi connectivity index (χ0v) is 16.5. The van der Waals surface area contributed by atoms with Crippen molar-refractivity contribution < 1.29 is 14.3 Å². The molecule has 0 aliphatic carbocycles. The second-order valence-electron chi connectivity index (χ2n) is 6.92. The van der Waals surface area contributed by atoms with Gasteiger partial charge in [-0.3, -0.25) is 4.79 Å². The summed E-state index contributed by atoms with van der Waals surface area (Å²) in [6.45, 7) is 5.65. The Morgan fingerprint density at radius 1 is 1.39 bits per heavy atom. The number of hydrogen-bond acceptors (Lipinski definition) is 4. The predicted octanol–water partition coefficient (Wildman–Crippen LogP) is 3.84. The molecule has 28 heavy (non-hydrogen) atoms. The second kappa shape index (κ2) is 8.77. The lowest BCUT2D eigenvalue weighted by Crippen LogP contribution is -2.17. The number of carbonyl (C=O) groups excluding carboxylic acids is 1. The number of aromatic nitrogens is 1. The normalized spacial score (nSPS) is 16.6. The van der Waals surface area contributed by atoms with Crippen LogP contribution in [-0.2, 0) is 16.1 Å². The van der Waals surface area contributed by atoms with Gasteiger partial charge in [-0.15, -0.1) is 0 Å². The van der Waals surface area contributed by atoms with E-state index < -0.39 is 5.91 Å². The van der Waals surface area contributed by atoms with Gasteiger partial charge in [-0.2, -0.15) is 5.26 Å². The molecule has 0 radical (unpaired) electrons. The minimum Gasteiger partial charge on any atom is -0.497 e. The Bertz CT molecular complexity index is 914. The third-order valence-electron chi connectivity index (χ3n) is 5.04. The van der Waals surface area contributed by atoms with Crippen LogP contribution in [0.4, 0.5) is 5.69 Å². The number of hydrogen-bond donors (Lipinski definition) is 1. The van der Waals surface area contributed by atoms with Gasteiger partial charge in [0.25, 0.3) is 5.91 Å². The molecule has 1 fully saturated rings. The maximum atomic E-state index is 12.5. The van der Waals surface area contributed by atoms with E-state index in [1.165, 1.54) is 0 Å². The summed E-state index contributed by atoms with van der Waals surface area (Å²) in [5.41, 5.74) is 3.66. The summed E-state index contributed by atoms with van der Waals surface area (Å²) in [4.78, 5) is 12.5. The third kappa shape index (κ3) is 4.44. The van der Waals surface area contributed by atoms with Crippen LogP contribution in [0.3, 0.4) is 0 Å². The van der Waals surface area contributed by atoms with E-state index in [4.69, 9.17) is 9.47 Å². The van der Waals surface area contributed by atoms with E-state index in [1.54, 1.807) is 37.5 Å². The maximum Gasteiger partial charge on any atom is 0.266 e. The number of anilines is 1. The second-order valence-corrected chi connectivity index (χ2v) is 6.92. The molecule has 1 N–H and O–H groups in total. The molecule has 6 heteroatoms. The number of amides is 1. The highest BCUT2D eigenvalue weighted by atomic mass is 16.5. The van der Waals surface area contributed by atoms with Crippen molar-refractivity contribution in [3.8, 4) is 11.8 Å². The fourth-order valence-electron chi connectivity index (χ4n) is 3.42. The van der Waals surface area contributed by atoms with Gasteiger partial charge in [0, 0.05) is 30.2 Å². The zero-order chi connectivity index (χ0) is 20.1. The van der Waals surface area contributed by atoms with Crippen LogP contribution in [0.5, 0.6) is 5.75 Å². The Balaban J connectivity index is 1.77. The Labute approximate surface area is 165 Å². The van der Waals surface area contributed by atoms with E-state index in [1.807, 2.05) is 26.0 Å². The summed E-state index contributed by atoms with van der Waals surface area (Å²) >= 11 is 0. The van der Waals surface area contributed by atoms with Crippen molar-refractivity contribution >= 4 is 17.7 Å². The quantitative estimate of drug-likeness (QED) is 0.611.